The lowest BCUT2D eigenvalue weighted by Crippen LogP contribution is -2.23. The van der Waals surface area contributed by atoms with Gasteiger partial charge in [-0.3, -0.25) is 0 Å². The Morgan fingerprint density at radius 1 is 1.21 bits per heavy atom. The van der Waals surface area contributed by atoms with Gasteiger partial charge in [-0.15, -0.1) is 0 Å². The number of hydrogen-bond donors (Lipinski definition) is 1. The minimum Gasteiger partial charge on any atom is -0.328 e. The summed E-state index contributed by atoms with van der Waals surface area (Å²) in [5, 5.41) is 5.29. The zero-order valence-electron chi connectivity index (χ0n) is 11.3. The molecule has 0 aliphatic heterocycles. The highest BCUT2D eigenvalue weighted by molar-refractivity contribution is 6.30. The van der Waals surface area contributed by atoms with Crippen molar-refractivity contribution >= 4 is 11.6 Å². The molecular weight excluding hydrogens is 260 g/mol. The monoisotopic (exact) mass is 278 g/mol. The minimum absolute atomic E-state index is 0.0139. The molecule has 5 heteroatoms. The fourth-order valence-corrected chi connectivity index (χ4v) is 2.23. The largest absolute Gasteiger partial charge is 0.328 e. The molecule has 1 unspecified atom stereocenters. The van der Waals surface area contributed by atoms with Gasteiger partial charge in [0, 0.05) is 24.4 Å². The summed E-state index contributed by atoms with van der Waals surface area (Å²) in [6.07, 6.45) is 1.68. The summed E-state index contributed by atoms with van der Waals surface area (Å²) < 4.78 is 1.95. The fourth-order valence-electron chi connectivity index (χ4n) is 2.11. The highest BCUT2D eigenvalue weighted by Crippen LogP contribution is 2.20. The van der Waals surface area contributed by atoms with Crippen molar-refractivity contribution in [1.82, 2.24) is 14.8 Å². The molecule has 0 fully saturated rings. The van der Waals surface area contributed by atoms with Gasteiger partial charge in [0.2, 0.25) is 0 Å². The minimum atomic E-state index is 0.0139. The van der Waals surface area contributed by atoms with Gasteiger partial charge in [-0.2, -0.15) is 5.10 Å². The van der Waals surface area contributed by atoms with E-state index in [0.717, 1.165) is 35.1 Å². The van der Waals surface area contributed by atoms with E-state index in [1.54, 1.807) is 0 Å². The van der Waals surface area contributed by atoms with Crippen molar-refractivity contribution in [2.24, 2.45) is 5.73 Å². The Balaban J connectivity index is 2.41. The molecule has 0 aliphatic rings. The smallest absolute Gasteiger partial charge is 0.150 e. The molecule has 1 aromatic carbocycles. The third-order valence-electron chi connectivity index (χ3n) is 3.15. The Hall–Kier alpha value is -1.39. The lowest BCUT2D eigenvalue weighted by Gasteiger charge is -2.17. The van der Waals surface area contributed by atoms with Crippen molar-refractivity contribution in [3.05, 3.63) is 46.5 Å². The Kier molecular flexibility index (Phi) is 4.56. The molecule has 0 aliphatic carbocycles. The first-order valence-electron chi connectivity index (χ1n) is 6.59. The van der Waals surface area contributed by atoms with Crippen LogP contribution in [0, 0.1) is 0 Å². The zero-order valence-corrected chi connectivity index (χ0v) is 12.1. The molecule has 0 saturated heterocycles. The molecule has 1 heterocycles. The summed E-state index contributed by atoms with van der Waals surface area (Å²) in [7, 11) is 0. The fraction of sp³-hybridized carbons (Fsp3) is 0.429. The Labute approximate surface area is 118 Å². The first-order valence-corrected chi connectivity index (χ1v) is 6.97. The van der Waals surface area contributed by atoms with Gasteiger partial charge in [0.25, 0.3) is 0 Å². The molecule has 0 spiro atoms. The number of nitrogens with zero attached hydrogens (tertiary/aromatic N) is 3. The number of halogens is 1. The maximum atomic E-state index is 5.93. The Morgan fingerprint density at radius 3 is 2.42 bits per heavy atom. The Bertz CT molecular complexity index is 533. The highest BCUT2D eigenvalue weighted by Gasteiger charge is 2.17. The van der Waals surface area contributed by atoms with Crippen molar-refractivity contribution in [3.8, 4) is 0 Å². The van der Waals surface area contributed by atoms with Crippen LogP contribution in [0.3, 0.4) is 0 Å². The van der Waals surface area contributed by atoms with Crippen LogP contribution in [0.25, 0.3) is 0 Å². The van der Waals surface area contributed by atoms with Crippen molar-refractivity contribution in [2.45, 2.75) is 32.7 Å². The molecule has 0 amide bonds. The van der Waals surface area contributed by atoms with E-state index in [0.29, 0.717) is 6.54 Å². The molecule has 4 nitrogen and oxygen atoms in total. The van der Waals surface area contributed by atoms with Gasteiger partial charge in [-0.05, 0) is 17.7 Å². The molecule has 2 aromatic rings. The Morgan fingerprint density at radius 2 is 1.89 bits per heavy atom. The summed E-state index contributed by atoms with van der Waals surface area (Å²) >= 11 is 5.92. The lowest BCUT2D eigenvalue weighted by atomic mass is 10.1. The maximum Gasteiger partial charge on any atom is 0.150 e. The van der Waals surface area contributed by atoms with Crippen molar-refractivity contribution in [3.63, 3.8) is 0 Å². The van der Waals surface area contributed by atoms with E-state index in [4.69, 9.17) is 17.3 Å². The summed E-state index contributed by atoms with van der Waals surface area (Å²) in [6.45, 7) is 4.62. The summed E-state index contributed by atoms with van der Waals surface area (Å²) in [6, 6.07) is 7.75. The molecule has 1 atom stereocenters. The maximum absolute atomic E-state index is 5.93. The quantitative estimate of drug-likeness (QED) is 0.915. The summed E-state index contributed by atoms with van der Waals surface area (Å²) in [4.78, 5) is 4.53. The first-order chi connectivity index (χ1) is 9.19. The predicted molar refractivity (Wildman–Crippen MR) is 77.4 cm³/mol. The third kappa shape index (κ3) is 2.96. The number of hydrogen-bond acceptors (Lipinski definition) is 3. The lowest BCUT2D eigenvalue weighted by molar-refractivity contribution is 0.505. The number of aromatic nitrogens is 3. The van der Waals surface area contributed by atoms with Crippen LogP contribution in [0.15, 0.2) is 24.3 Å². The molecule has 0 bridgehead atoms. The van der Waals surface area contributed by atoms with E-state index in [1.807, 2.05) is 28.9 Å². The van der Waals surface area contributed by atoms with E-state index in [1.165, 1.54) is 0 Å². The topological polar surface area (TPSA) is 56.7 Å². The van der Waals surface area contributed by atoms with E-state index in [2.05, 4.69) is 23.9 Å². The van der Waals surface area contributed by atoms with E-state index in [-0.39, 0.29) is 6.04 Å². The zero-order chi connectivity index (χ0) is 13.8. The van der Waals surface area contributed by atoms with E-state index in [9.17, 15) is 0 Å². The van der Waals surface area contributed by atoms with Crippen LogP contribution >= 0.6 is 11.6 Å². The van der Waals surface area contributed by atoms with Crippen LogP contribution in [0.5, 0.6) is 0 Å². The first kappa shape index (κ1) is 14.0. The SMILES string of the molecule is CCc1nc(CC)n(C(CN)c2ccc(Cl)cc2)n1. The molecule has 2 rings (SSSR count). The van der Waals surface area contributed by atoms with Crippen LogP contribution in [0.2, 0.25) is 5.02 Å². The van der Waals surface area contributed by atoms with Gasteiger partial charge in [-0.1, -0.05) is 37.6 Å². The summed E-state index contributed by atoms with van der Waals surface area (Å²) in [5.74, 6) is 1.84. The van der Waals surface area contributed by atoms with E-state index >= 15 is 0 Å². The second kappa shape index (κ2) is 6.17. The average Bonchev–Trinajstić information content (AvgIpc) is 2.85. The number of aryl methyl sites for hydroxylation is 2. The molecule has 102 valence electrons. The molecule has 0 radical (unpaired) electrons. The van der Waals surface area contributed by atoms with Crippen molar-refractivity contribution < 1.29 is 0 Å². The van der Waals surface area contributed by atoms with E-state index < -0.39 is 0 Å². The molecule has 19 heavy (non-hydrogen) atoms. The number of rotatable bonds is 5. The number of nitrogens with two attached hydrogens (primary N) is 1. The van der Waals surface area contributed by atoms with Gasteiger partial charge in [0.1, 0.15) is 5.82 Å². The third-order valence-corrected chi connectivity index (χ3v) is 3.40. The number of benzene rings is 1. The second-order valence-corrected chi connectivity index (χ2v) is 4.84. The van der Waals surface area contributed by atoms with Crippen LogP contribution in [-0.4, -0.2) is 21.3 Å². The normalized spacial score (nSPS) is 12.6. The second-order valence-electron chi connectivity index (χ2n) is 4.40. The molecule has 1 aromatic heterocycles. The van der Waals surface area contributed by atoms with Gasteiger partial charge in [-0.25, -0.2) is 9.67 Å². The van der Waals surface area contributed by atoms with Crippen LogP contribution in [0.1, 0.15) is 37.1 Å². The van der Waals surface area contributed by atoms with Gasteiger partial charge in [0.15, 0.2) is 5.82 Å². The standard InChI is InChI=1S/C14H19ClN4/c1-3-13-17-14(4-2)19(18-13)12(9-16)10-5-7-11(15)8-6-10/h5-8,12H,3-4,9,16H2,1-2H3. The molecule has 0 saturated carbocycles. The molecule has 2 N–H and O–H groups in total. The highest BCUT2D eigenvalue weighted by atomic mass is 35.5. The van der Waals surface area contributed by atoms with Crippen molar-refractivity contribution in [1.29, 1.82) is 0 Å². The van der Waals surface area contributed by atoms with Crippen LogP contribution < -0.4 is 5.73 Å². The van der Waals surface area contributed by atoms with Crippen LogP contribution in [-0.2, 0) is 12.8 Å². The van der Waals surface area contributed by atoms with Gasteiger partial charge in [0.05, 0.1) is 6.04 Å². The van der Waals surface area contributed by atoms with Crippen LogP contribution in [0.4, 0.5) is 0 Å². The average molecular weight is 279 g/mol. The molecular formula is C14H19ClN4. The van der Waals surface area contributed by atoms with Crippen molar-refractivity contribution in [2.75, 3.05) is 6.54 Å². The van der Waals surface area contributed by atoms with Gasteiger partial charge < -0.3 is 5.73 Å². The predicted octanol–water partition coefficient (Wildman–Crippen LogP) is 2.60. The summed E-state index contributed by atoms with van der Waals surface area (Å²) in [5.41, 5.74) is 7.03. The van der Waals surface area contributed by atoms with Gasteiger partial charge >= 0.3 is 0 Å².